The second-order valence-corrected chi connectivity index (χ2v) is 6.89. The van der Waals surface area contributed by atoms with Crippen LogP contribution in [0.3, 0.4) is 0 Å². The Labute approximate surface area is 161 Å². The largest absolute Gasteiger partial charge is 0.490 e. The zero-order chi connectivity index (χ0) is 19.8. The van der Waals surface area contributed by atoms with Crippen LogP contribution in [0, 0.1) is 5.82 Å². The molecule has 144 valence electrons. The first-order chi connectivity index (χ1) is 13.5. The van der Waals surface area contributed by atoms with Crippen LogP contribution in [0.25, 0.3) is 11.0 Å². The minimum Gasteiger partial charge on any atom is -0.490 e. The Kier molecular flexibility index (Phi) is 4.63. The van der Waals surface area contributed by atoms with Gasteiger partial charge in [-0.05, 0) is 62.6 Å². The normalized spacial score (nSPS) is 16.1. The lowest BCUT2D eigenvalue weighted by molar-refractivity contribution is 0.0971. The van der Waals surface area contributed by atoms with Crippen molar-refractivity contribution in [2.24, 2.45) is 0 Å². The third-order valence-corrected chi connectivity index (χ3v) is 5.05. The summed E-state index contributed by atoms with van der Waals surface area (Å²) in [7, 11) is 0. The van der Waals surface area contributed by atoms with Gasteiger partial charge in [-0.25, -0.2) is 9.18 Å². The van der Waals surface area contributed by atoms with Crippen molar-refractivity contribution in [2.45, 2.75) is 32.7 Å². The summed E-state index contributed by atoms with van der Waals surface area (Å²) >= 11 is 0. The van der Waals surface area contributed by atoms with Crippen LogP contribution in [-0.4, -0.2) is 18.6 Å². The monoisotopic (exact) mass is 381 g/mol. The molecule has 0 spiro atoms. The molecule has 2 aromatic carbocycles. The molecule has 4 rings (SSSR count). The molecule has 1 atom stereocenters. The molecule has 0 fully saturated rings. The fraction of sp³-hybridized carbons (Fsp3) is 0.273. The number of para-hydroxylation sites is 1. The van der Waals surface area contributed by atoms with Gasteiger partial charge in [-0.15, -0.1) is 0 Å². The third-order valence-electron chi connectivity index (χ3n) is 5.05. The first-order valence-corrected chi connectivity index (χ1v) is 9.31. The predicted molar refractivity (Wildman–Crippen MR) is 105 cm³/mol. The number of halogens is 1. The molecule has 0 saturated carbocycles. The number of ether oxygens (including phenoxy) is 1. The lowest BCUT2D eigenvalue weighted by atomic mass is 9.95. The Morgan fingerprint density at radius 2 is 2.11 bits per heavy atom. The van der Waals surface area contributed by atoms with E-state index in [1.165, 1.54) is 18.2 Å². The number of nitrogens with zero attached hydrogens (tertiary/aromatic N) is 1. The maximum atomic E-state index is 13.6. The minimum atomic E-state index is -0.717. The van der Waals surface area contributed by atoms with Gasteiger partial charge in [-0.2, -0.15) is 0 Å². The Hall–Kier alpha value is -3.15. The predicted octanol–water partition coefficient (Wildman–Crippen LogP) is 4.31. The second-order valence-electron chi connectivity index (χ2n) is 6.89. The summed E-state index contributed by atoms with van der Waals surface area (Å²) < 4.78 is 24.5. The van der Waals surface area contributed by atoms with E-state index in [1.54, 1.807) is 29.2 Å². The maximum absolute atomic E-state index is 13.6. The fourth-order valence-electron chi connectivity index (χ4n) is 3.70. The number of hydrogen-bond donors (Lipinski definition) is 0. The summed E-state index contributed by atoms with van der Waals surface area (Å²) in [4.78, 5) is 27.4. The van der Waals surface area contributed by atoms with Gasteiger partial charge in [0.1, 0.15) is 11.4 Å². The number of carbonyl (C=O) groups is 1. The van der Waals surface area contributed by atoms with Crippen molar-refractivity contribution in [3.8, 4) is 5.75 Å². The van der Waals surface area contributed by atoms with Gasteiger partial charge in [-0.3, -0.25) is 4.79 Å². The average molecular weight is 381 g/mol. The molecular weight excluding hydrogens is 361 g/mol. The van der Waals surface area contributed by atoms with Crippen LogP contribution < -0.4 is 15.3 Å². The van der Waals surface area contributed by atoms with Crippen molar-refractivity contribution >= 4 is 22.6 Å². The van der Waals surface area contributed by atoms with E-state index in [4.69, 9.17) is 9.15 Å². The van der Waals surface area contributed by atoms with E-state index in [0.29, 0.717) is 41.9 Å². The highest BCUT2D eigenvalue weighted by Gasteiger charge is 2.31. The molecule has 0 N–H and O–H groups in total. The molecule has 5 nitrogen and oxygen atoms in total. The Bertz CT molecular complexity index is 1120. The highest BCUT2D eigenvalue weighted by atomic mass is 19.1. The summed E-state index contributed by atoms with van der Waals surface area (Å²) in [6, 6.07) is 11.0. The van der Waals surface area contributed by atoms with Gasteiger partial charge in [0.2, 0.25) is 0 Å². The summed E-state index contributed by atoms with van der Waals surface area (Å²) in [6.45, 7) is 4.19. The van der Waals surface area contributed by atoms with Crippen LogP contribution in [-0.2, 0) is 6.42 Å². The highest BCUT2D eigenvalue weighted by molar-refractivity contribution is 6.08. The Morgan fingerprint density at radius 3 is 2.89 bits per heavy atom. The Balaban J connectivity index is 1.81. The van der Waals surface area contributed by atoms with Crippen LogP contribution in [0.2, 0.25) is 0 Å². The first-order valence-electron chi connectivity index (χ1n) is 9.31. The molecule has 0 aliphatic carbocycles. The number of carbonyl (C=O) groups excluding carboxylic acids is 1. The van der Waals surface area contributed by atoms with Crippen LogP contribution in [0.1, 0.15) is 36.2 Å². The van der Waals surface area contributed by atoms with E-state index in [-0.39, 0.29) is 17.4 Å². The summed E-state index contributed by atoms with van der Waals surface area (Å²) in [5, 5.41) is 0.609. The number of anilines is 1. The lowest BCUT2D eigenvalue weighted by Gasteiger charge is -2.35. The molecule has 0 radical (unpaired) electrons. The van der Waals surface area contributed by atoms with Gasteiger partial charge in [0, 0.05) is 17.1 Å². The first kappa shape index (κ1) is 18.2. The van der Waals surface area contributed by atoms with Gasteiger partial charge in [0.15, 0.2) is 11.3 Å². The van der Waals surface area contributed by atoms with Crippen LogP contribution in [0.5, 0.6) is 5.75 Å². The van der Waals surface area contributed by atoms with Gasteiger partial charge in [0.25, 0.3) is 5.91 Å². The molecule has 1 amide bonds. The van der Waals surface area contributed by atoms with E-state index in [0.717, 1.165) is 5.56 Å². The number of amides is 1. The van der Waals surface area contributed by atoms with Crippen molar-refractivity contribution in [3.05, 3.63) is 69.8 Å². The van der Waals surface area contributed by atoms with E-state index in [1.807, 2.05) is 13.8 Å². The zero-order valence-corrected chi connectivity index (χ0v) is 15.7. The molecule has 1 aliphatic rings. The molecule has 28 heavy (non-hydrogen) atoms. The van der Waals surface area contributed by atoms with Gasteiger partial charge >= 0.3 is 5.63 Å². The quantitative estimate of drug-likeness (QED) is 0.634. The van der Waals surface area contributed by atoms with Crippen molar-refractivity contribution < 1.29 is 18.3 Å². The second kappa shape index (κ2) is 7.11. The SMILES string of the molecule is CCOc1cccc2cc(C(=O)N3c4ccc(F)cc4CCC3C)c(=O)oc12. The van der Waals surface area contributed by atoms with Crippen molar-refractivity contribution in [1.82, 2.24) is 0 Å². The van der Waals surface area contributed by atoms with Gasteiger partial charge < -0.3 is 14.1 Å². The molecular formula is C22H20FNO4. The molecule has 6 heteroatoms. The zero-order valence-electron chi connectivity index (χ0n) is 15.7. The van der Waals surface area contributed by atoms with E-state index < -0.39 is 11.5 Å². The van der Waals surface area contributed by atoms with E-state index in [2.05, 4.69) is 0 Å². The van der Waals surface area contributed by atoms with E-state index in [9.17, 15) is 14.0 Å². The maximum Gasteiger partial charge on any atom is 0.349 e. The van der Waals surface area contributed by atoms with E-state index >= 15 is 0 Å². The standard InChI is InChI=1S/C22H20FNO4/c1-3-27-19-6-4-5-15-12-17(22(26)28-20(15)19)21(25)24-13(2)7-8-14-11-16(23)9-10-18(14)24/h4-6,9-13H,3,7-8H2,1-2H3. The Morgan fingerprint density at radius 1 is 1.29 bits per heavy atom. The number of hydrogen-bond acceptors (Lipinski definition) is 4. The average Bonchev–Trinajstić information content (AvgIpc) is 2.68. The summed E-state index contributed by atoms with van der Waals surface area (Å²) in [5.74, 6) is -0.324. The highest BCUT2D eigenvalue weighted by Crippen LogP contribution is 2.33. The third kappa shape index (κ3) is 3.05. The van der Waals surface area contributed by atoms with Crippen LogP contribution >= 0.6 is 0 Å². The van der Waals surface area contributed by atoms with Gasteiger partial charge in [0.05, 0.1) is 6.61 Å². The topological polar surface area (TPSA) is 59.8 Å². The molecule has 1 aromatic heterocycles. The van der Waals surface area contributed by atoms with Gasteiger partial charge in [-0.1, -0.05) is 12.1 Å². The lowest BCUT2D eigenvalue weighted by Crippen LogP contribution is -2.43. The van der Waals surface area contributed by atoms with Crippen LogP contribution in [0.15, 0.2) is 51.7 Å². The minimum absolute atomic E-state index is 0.0508. The van der Waals surface area contributed by atoms with Crippen LogP contribution in [0.4, 0.5) is 10.1 Å². The van der Waals surface area contributed by atoms with Crippen molar-refractivity contribution in [3.63, 3.8) is 0 Å². The molecule has 2 heterocycles. The smallest absolute Gasteiger partial charge is 0.349 e. The summed E-state index contributed by atoms with van der Waals surface area (Å²) in [6.07, 6.45) is 1.37. The molecule has 3 aromatic rings. The molecule has 1 unspecified atom stereocenters. The molecule has 0 bridgehead atoms. The van der Waals surface area contributed by atoms with Crippen molar-refractivity contribution in [2.75, 3.05) is 11.5 Å². The number of fused-ring (bicyclic) bond motifs is 2. The number of benzene rings is 2. The summed E-state index contributed by atoms with van der Waals surface area (Å²) in [5.41, 5.74) is 0.944. The van der Waals surface area contributed by atoms with Crippen molar-refractivity contribution in [1.29, 1.82) is 0 Å². The fourth-order valence-corrected chi connectivity index (χ4v) is 3.70. The molecule has 0 saturated heterocycles. The molecule has 1 aliphatic heterocycles. The number of aryl methyl sites for hydroxylation is 1. The number of rotatable bonds is 3.